The van der Waals surface area contributed by atoms with Gasteiger partial charge in [-0.15, -0.1) is 11.3 Å². The van der Waals surface area contributed by atoms with Crippen molar-refractivity contribution in [3.05, 3.63) is 81.8 Å². The smallest absolute Gasteiger partial charge is 0.319 e. The van der Waals surface area contributed by atoms with E-state index >= 15 is 0 Å². The van der Waals surface area contributed by atoms with Gasteiger partial charge >= 0.3 is 6.03 Å². The van der Waals surface area contributed by atoms with E-state index in [4.69, 9.17) is 0 Å². The Morgan fingerprint density at radius 1 is 1.08 bits per heavy atom. The van der Waals surface area contributed by atoms with Crippen LogP contribution in [0.25, 0.3) is 0 Å². The highest BCUT2D eigenvalue weighted by molar-refractivity contribution is 7.11. The molecule has 0 aliphatic heterocycles. The van der Waals surface area contributed by atoms with Gasteiger partial charge in [0.1, 0.15) is 5.01 Å². The van der Waals surface area contributed by atoms with Crippen LogP contribution < -0.4 is 10.6 Å². The lowest BCUT2D eigenvalue weighted by molar-refractivity contribution is 0.251. The van der Waals surface area contributed by atoms with Crippen molar-refractivity contribution in [1.29, 1.82) is 0 Å². The molecule has 0 saturated carbocycles. The standard InChI is InChI=1S/C19H19N3OS/c1-14-7-9-15(10-8-14)11-17-12-20-18(24-17)13-21-19(23)22-16-5-3-2-4-6-16/h2-10,12H,11,13H2,1H3,(H2,21,22,23). The summed E-state index contributed by atoms with van der Waals surface area (Å²) in [5.74, 6) is 0. The number of aromatic nitrogens is 1. The maximum atomic E-state index is 11.9. The van der Waals surface area contributed by atoms with Crippen molar-refractivity contribution in [2.24, 2.45) is 0 Å². The van der Waals surface area contributed by atoms with Gasteiger partial charge in [-0.05, 0) is 24.6 Å². The van der Waals surface area contributed by atoms with E-state index in [0.29, 0.717) is 6.54 Å². The summed E-state index contributed by atoms with van der Waals surface area (Å²) in [6, 6.07) is 17.7. The Morgan fingerprint density at radius 2 is 1.83 bits per heavy atom. The van der Waals surface area contributed by atoms with Gasteiger partial charge in [-0.1, -0.05) is 48.0 Å². The summed E-state index contributed by atoms with van der Waals surface area (Å²) in [7, 11) is 0. The summed E-state index contributed by atoms with van der Waals surface area (Å²) >= 11 is 1.63. The molecule has 0 radical (unpaired) electrons. The molecule has 0 aliphatic rings. The van der Waals surface area contributed by atoms with Crippen molar-refractivity contribution in [2.75, 3.05) is 5.32 Å². The second-order valence-electron chi connectivity index (χ2n) is 5.56. The molecule has 3 aromatic rings. The third-order valence-electron chi connectivity index (χ3n) is 3.53. The predicted molar refractivity (Wildman–Crippen MR) is 98.4 cm³/mol. The van der Waals surface area contributed by atoms with E-state index in [1.165, 1.54) is 16.0 Å². The third kappa shape index (κ3) is 4.67. The number of amides is 2. The number of hydrogen-bond donors (Lipinski definition) is 2. The molecule has 24 heavy (non-hydrogen) atoms. The number of aryl methyl sites for hydroxylation is 1. The summed E-state index contributed by atoms with van der Waals surface area (Å²) in [5, 5.41) is 6.52. The van der Waals surface area contributed by atoms with E-state index in [1.807, 2.05) is 36.5 Å². The van der Waals surface area contributed by atoms with Crippen molar-refractivity contribution >= 4 is 23.1 Å². The van der Waals surface area contributed by atoms with E-state index < -0.39 is 0 Å². The summed E-state index contributed by atoms with van der Waals surface area (Å²) in [4.78, 5) is 17.4. The van der Waals surface area contributed by atoms with E-state index in [1.54, 1.807) is 11.3 Å². The average molecular weight is 337 g/mol. The number of benzene rings is 2. The number of nitrogens with zero attached hydrogens (tertiary/aromatic N) is 1. The minimum atomic E-state index is -0.225. The number of anilines is 1. The summed E-state index contributed by atoms with van der Waals surface area (Å²) in [6.45, 7) is 2.51. The van der Waals surface area contributed by atoms with Crippen LogP contribution in [-0.2, 0) is 13.0 Å². The molecule has 0 bridgehead atoms. The van der Waals surface area contributed by atoms with Crippen LogP contribution in [-0.4, -0.2) is 11.0 Å². The van der Waals surface area contributed by atoms with Crippen LogP contribution in [0, 0.1) is 6.92 Å². The SMILES string of the molecule is Cc1ccc(Cc2cnc(CNC(=O)Nc3ccccc3)s2)cc1. The fourth-order valence-corrected chi connectivity index (χ4v) is 3.17. The monoisotopic (exact) mass is 337 g/mol. The first-order chi connectivity index (χ1) is 11.7. The molecule has 4 nitrogen and oxygen atoms in total. The van der Waals surface area contributed by atoms with Gasteiger partial charge in [0.05, 0.1) is 6.54 Å². The Balaban J connectivity index is 1.50. The number of urea groups is 1. The van der Waals surface area contributed by atoms with Gasteiger partial charge in [0.15, 0.2) is 0 Å². The molecule has 0 spiro atoms. The van der Waals surface area contributed by atoms with Crippen molar-refractivity contribution in [1.82, 2.24) is 10.3 Å². The van der Waals surface area contributed by atoms with Crippen molar-refractivity contribution < 1.29 is 4.79 Å². The first-order valence-electron chi connectivity index (χ1n) is 7.78. The number of carbonyl (C=O) groups is 1. The van der Waals surface area contributed by atoms with Crippen molar-refractivity contribution in [3.63, 3.8) is 0 Å². The minimum absolute atomic E-state index is 0.225. The highest BCUT2D eigenvalue weighted by Crippen LogP contribution is 2.17. The summed E-state index contributed by atoms with van der Waals surface area (Å²) in [5.41, 5.74) is 3.30. The van der Waals surface area contributed by atoms with Crippen LogP contribution in [0.2, 0.25) is 0 Å². The maximum Gasteiger partial charge on any atom is 0.319 e. The minimum Gasteiger partial charge on any atom is -0.331 e. The molecule has 0 atom stereocenters. The quantitative estimate of drug-likeness (QED) is 0.726. The van der Waals surface area contributed by atoms with Gasteiger partial charge in [-0.3, -0.25) is 0 Å². The first kappa shape index (κ1) is 16.2. The van der Waals surface area contributed by atoms with Crippen molar-refractivity contribution in [2.45, 2.75) is 19.9 Å². The Bertz CT molecular complexity index is 797. The van der Waals surface area contributed by atoms with Gasteiger partial charge in [-0.25, -0.2) is 9.78 Å². The number of thiazole rings is 1. The largest absolute Gasteiger partial charge is 0.331 e. The Morgan fingerprint density at radius 3 is 2.58 bits per heavy atom. The maximum absolute atomic E-state index is 11.9. The number of para-hydroxylation sites is 1. The summed E-state index contributed by atoms with van der Waals surface area (Å²) in [6.07, 6.45) is 2.75. The molecule has 5 heteroatoms. The van der Waals surface area contributed by atoms with Gasteiger partial charge in [0.25, 0.3) is 0 Å². The Hall–Kier alpha value is -2.66. The molecule has 2 amide bonds. The average Bonchev–Trinajstić information content (AvgIpc) is 3.04. The van der Waals surface area contributed by atoms with Crippen LogP contribution >= 0.6 is 11.3 Å². The normalized spacial score (nSPS) is 10.4. The molecule has 3 rings (SSSR count). The molecule has 2 aromatic carbocycles. The number of rotatable bonds is 5. The molecule has 1 aromatic heterocycles. The zero-order valence-electron chi connectivity index (χ0n) is 13.5. The molecule has 0 saturated heterocycles. The van der Waals surface area contributed by atoms with Gasteiger partial charge in [0.2, 0.25) is 0 Å². The highest BCUT2D eigenvalue weighted by Gasteiger charge is 2.06. The highest BCUT2D eigenvalue weighted by atomic mass is 32.1. The molecular formula is C19H19N3OS. The van der Waals surface area contributed by atoms with Gasteiger partial charge in [-0.2, -0.15) is 0 Å². The number of hydrogen-bond acceptors (Lipinski definition) is 3. The fraction of sp³-hybridized carbons (Fsp3) is 0.158. The fourth-order valence-electron chi connectivity index (χ4n) is 2.27. The molecule has 122 valence electrons. The van der Waals surface area contributed by atoms with Crippen LogP contribution in [0.4, 0.5) is 10.5 Å². The van der Waals surface area contributed by atoms with Gasteiger partial charge in [0, 0.05) is 23.2 Å². The predicted octanol–water partition coefficient (Wildman–Crippen LogP) is 4.36. The van der Waals surface area contributed by atoms with Crippen molar-refractivity contribution in [3.8, 4) is 0 Å². The lowest BCUT2D eigenvalue weighted by Gasteiger charge is -2.05. The Labute approximate surface area is 145 Å². The topological polar surface area (TPSA) is 54.0 Å². The molecule has 0 aliphatic carbocycles. The molecular weight excluding hydrogens is 318 g/mol. The van der Waals surface area contributed by atoms with E-state index in [9.17, 15) is 4.79 Å². The zero-order valence-corrected chi connectivity index (χ0v) is 14.3. The lowest BCUT2D eigenvalue weighted by Crippen LogP contribution is -2.28. The molecule has 2 N–H and O–H groups in total. The lowest BCUT2D eigenvalue weighted by atomic mass is 10.1. The van der Waals surface area contributed by atoms with Crippen LogP contribution in [0.3, 0.4) is 0 Å². The second-order valence-corrected chi connectivity index (χ2v) is 6.76. The Kier molecular flexibility index (Phi) is 5.23. The molecule has 0 fully saturated rings. The number of carbonyl (C=O) groups excluding carboxylic acids is 1. The van der Waals surface area contributed by atoms with Crippen LogP contribution in [0.15, 0.2) is 60.8 Å². The van der Waals surface area contributed by atoms with Crippen LogP contribution in [0.1, 0.15) is 21.0 Å². The summed E-state index contributed by atoms with van der Waals surface area (Å²) < 4.78 is 0. The van der Waals surface area contributed by atoms with E-state index in [0.717, 1.165) is 17.1 Å². The second kappa shape index (κ2) is 7.75. The number of nitrogens with one attached hydrogen (secondary N) is 2. The molecule has 0 unspecified atom stereocenters. The van der Waals surface area contributed by atoms with E-state index in [-0.39, 0.29) is 6.03 Å². The third-order valence-corrected chi connectivity index (χ3v) is 4.53. The van der Waals surface area contributed by atoms with Crippen LogP contribution in [0.5, 0.6) is 0 Å². The zero-order chi connectivity index (χ0) is 16.8. The molecule has 1 heterocycles. The first-order valence-corrected chi connectivity index (χ1v) is 8.60. The van der Waals surface area contributed by atoms with E-state index in [2.05, 4.69) is 46.8 Å². The van der Waals surface area contributed by atoms with Gasteiger partial charge < -0.3 is 10.6 Å².